The minimum Gasteiger partial charge on any atom is -0.420 e. The monoisotopic (exact) mass is 243 g/mol. The first-order valence-corrected chi connectivity index (χ1v) is 5.82. The highest BCUT2D eigenvalue weighted by molar-refractivity contribution is 5.78. The van der Waals surface area contributed by atoms with Gasteiger partial charge >= 0.3 is 0 Å². The molecule has 0 spiro atoms. The van der Waals surface area contributed by atoms with Gasteiger partial charge in [-0.05, 0) is 19.1 Å². The summed E-state index contributed by atoms with van der Waals surface area (Å²) in [5, 5.41) is 13.0. The molecule has 1 aromatic carbocycles. The van der Waals surface area contributed by atoms with Crippen LogP contribution in [0.1, 0.15) is 12.6 Å². The Hall–Kier alpha value is -2.14. The number of fused-ring (bicyclic) bond motifs is 3. The second kappa shape index (κ2) is 4.27. The SMILES string of the molecule is CCOCc1cc2oc(=N)c3ccccc3n2n1. The van der Waals surface area contributed by atoms with Crippen molar-refractivity contribution in [2.45, 2.75) is 13.5 Å². The quantitative estimate of drug-likeness (QED) is 0.766. The molecular weight excluding hydrogens is 230 g/mol. The van der Waals surface area contributed by atoms with Crippen LogP contribution in [0.5, 0.6) is 0 Å². The van der Waals surface area contributed by atoms with Crippen LogP contribution in [0.15, 0.2) is 34.7 Å². The van der Waals surface area contributed by atoms with E-state index in [4.69, 9.17) is 14.6 Å². The molecule has 0 aliphatic heterocycles. The molecule has 0 amide bonds. The molecule has 2 heterocycles. The molecule has 0 unspecified atom stereocenters. The topological polar surface area (TPSA) is 63.5 Å². The van der Waals surface area contributed by atoms with Crippen molar-refractivity contribution in [2.75, 3.05) is 6.61 Å². The van der Waals surface area contributed by atoms with Gasteiger partial charge in [0.1, 0.15) is 0 Å². The molecular formula is C13H13N3O2. The molecule has 0 saturated heterocycles. The molecule has 5 nitrogen and oxygen atoms in total. The maximum Gasteiger partial charge on any atom is 0.225 e. The van der Waals surface area contributed by atoms with E-state index < -0.39 is 0 Å². The smallest absolute Gasteiger partial charge is 0.225 e. The van der Waals surface area contributed by atoms with Gasteiger partial charge in [-0.3, -0.25) is 5.41 Å². The summed E-state index contributed by atoms with van der Waals surface area (Å²) in [7, 11) is 0. The average molecular weight is 243 g/mol. The summed E-state index contributed by atoms with van der Waals surface area (Å²) in [6.45, 7) is 3.04. The van der Waals surface area contributed by atoms with Gasteiger partial charge in [-0.1, -0.05) is 12.1 Å². The molecule has 0 atom stereocenters. The van der Waals surface area contributed by atoms with Crippen LogP contribution < -0.4 is 5.55 Å². The summed E-state index contributed by atoms with van der Waals surface area (Å²) < 4.78 is 12.5. The van der Waals surface area contributed by atoms with Gasteiger partial charge in [0.2, 0.25) is 11.3 Å². The van der Waals surface area contributed by atoms with Crippen molar-refractivity contribution in [1.82, 2.24) is 9.61 Å². The van der Waals surface area contributed by atoms with Crippen molar-refractivity contribution in [3.05, 3.63) is 41.6 Å². The molecule has 0 aliphatic carbocycles. The van der Waals surface area contributed by atoms with Crippen molar-refractivity contribution in [3.63, 3.8) is 0 Å². The molecule has 0 radical (unpaired) electrons. The average Bonchev–Trinajstić information content (AvgIpc) is 2.80. The molecule has 0 saturated carbocycles. The molecule has 2 aromatic heterocycles. The Bertz CT molecular complexity index is 758. The lowest BCUT2D eigenvalue weighted by Crippen LogP contribution is -2.04. The predicted octanol–water partition coefficient (Wildman–Crippen LogP) is 2.10. The van der Waals surface area contributed by atoms with Gasteiger partial charge in [0.15, 0.2) is 0 Å². The van der Waals surface area contributed by atoms with Gasteiger partial charge in [0, 0.05) is 12.7 Å². The molecule has 1 N–H and O–H groups in total. The van der Waals surface area contributed by atoms with E-state index in [-0.39, 0.29) is 5.55 Å². The first-order chi connectivity index (χ1) is 8.79. The molecule has 0 fully saturated rings. The first kappa shape index (κ1) is 11.0. The number of nitrogens with one attached hydrogen (secondary N) is 1. The van der Waals surface area contributed by atoms with Crippen molar-refractivity contribution < 1.29 is 9.15 Å². The van der Waals surface area contributed by atoms with Gasteiger partial charge in [0.25, 0.3) is 0 Å². The van der Waals surface area contributed by atoms with Crippen molar-refractivity contribution in [1.29, 1.82) is 5.41 Å². The van der Waals surface area contributed by atoms with Crippen LogP contribution in [-0.4, -0.2) is 16.2 Å². The fourth-order valence-corrected chi connectivity index (χ4v) is 1.94. The van der Waals surface area contributed by atoms with E-state index in [9.17, 15) is 0 Å². The fraction of sp³-hybridized carbons (Fsp3) is 0.231. The highest BCUT2D eigenvalue weighted by Crippen LogP contribution is 2.14. The van der Waals surface area contributed by atoms with Gasteiger partial charge in [-0.25, -0.2) is 0 Å². The molecule has 0 bridgehead atoms. The van der Waals surface area contributed by atoms with Crippen LogP contribution in [0.4, 0.5) is 0 Å². The summed E-state index contributed by atoms with van der Waals surface area (Å²) in [5.41, 5.74) is 2.39. The Morgan fingerprint density at radius 2 is 2.22 bits per heavy atom. The third-order valence-corrected chi connectivity index (χ3v) is 2.76. The lowest BCUT2D eigenvalue weighted by atomic mass is 10.2. The molecule has 0 aliphatic rings. The molecule has 3 rings (SSSR count). The highest BCUT2D eigenvalue weighted by atomic mass is 16.5. The van der Waals surface area contributed by atoms with Crippen LogP contribution in [-0.2, 0) is 11.3 Å². The predicted molar refractivity (Wildman–Crippen MR) is 66.1 cm³/mol. The Labute approximate surface area is 103 Å². The fourth-order valence-electron chi connectivity index (χ4n) is 1.94. The number of hydrogen-bond donors (Lipinski definition) is 1. The van der Waals surface area contributed by atoms with Crippen LogP contribution in [0.25, 0.3) is 16.6 Å². The summed E-state index contributed by atoms with van der Waals surface area (Å²) in [6, 6.07) is 9.38. The van der Waals surface area contributed by atoms with E-state index >= 15 is 0 Å². The highest BCUT2D eigenvalue weighted by Gasteiger charge is 2.08. The molecule has 18 heavy (non-hydrogen) atoms. The Morgan fingerprint density at radius 3 is 3.06 bits per heavy atom. The standard InChI is InChI=1S/C13H13N3O2/c1-2-17-8-9-7-12-16(15-9)11-6-4-3-5-10(11)13(14)18-12/h3-7,14H,2,8H2,1H3. The zero-order chi connectivity index (χ0) is 12.5. The number of rotatable bonds is 3. The summed E-state index contributed by atoms with van der Waals surface area (Å²) in [6.07, 6.45) is 0. The molecule has 92 valence electrons. The van der Waals surface area contributed by atoms with Gasteiger partial charge < -0.3 is 9.15 Å². The lowest BCUT2D eigenvalue weighted by molar-refractivity contribution is 0.131. The van der Waals surface area contributed by atoms with E-state index in [1.165, 1.54) is 0 Å². The Kier molecular flexibility index (Phi) is 2.60. The number of ether oxygens (including phenoxy) is 1. The molecule has 5 heteroatoms. The maximum absolute atomic E-state index is 7.85. The Balaban J connectivity index is 2.26. The number of hydrogen-bond acceptors (Lipinski definition) is 4. The van der Waals surface area contributed by atoms with Gasteiger partial charge in [-0.15, -0.1) is 0 Å². The third kappa shape index (κ3) is 1.69. The van der Waals surface area contributed by atoms with E-state index in [2.05, 4.69) is 5.10 Å². The normalized spacial score (nSPS) is 11.4. The minimum absolute atomic E-state index is 0.154. The number of para-hydroxylation sites is 1. The van der Waals surface area contributed by atoms with Gasteiger partial charge in [0.05, 0.1) is 23.2 Å². The van der Waals surface area contributed by atoms with Crippen molar-refractivity contribution >= 4 is 16.6 Å². The van der Waals surface area contributed by atoms with Crippen LogP contribution in [0.2, 0.25) is 0 Å². The van der Waals surface area contributed by atoms with E-state index in [1.807, 2.05) is 31.2 Å². The summed E-state index contributed by atoms with van der Waals surface area (Å²) in [4.78, 5) is 0. The van der Waals surface area contributed by atoms with E-state index in [0.717, 1.165) is 16.6 Å². The van der Waals surface area contributed by atoms with Crippen molar-refractivity contribution in [2.24, 2.45) is 0 Å². The maximum atomic E-state index is 7.85. The van der Waals surface area contributed by atoms with Crippen molar-refractivity contribution in [3.8, 4) is 0 Å². The second-order valence-corrected chi connectivity index (χ2v) is 3.97. The summed E-state index contributed by atoms with van der Waals surface area (Å²) in [5.74, 6) is 0. The van der Waals surface area contributed by atoms with Crippen LogP contribution >= 0.6 is 0 Å². The van der Waals surface area contributed by atoms with Crippen LogP contribution in [0, 0.1) is 5.41 Å². The number of benzene rings is 1. The van der Waals surface area contributed by atoms with E-state index in [1.54, 1.807) is 10.6 Å². The zero-order valence-corrected chi connectivity index (χ0v) is 10.0. The number of nitrogens with zero attached hydrogens (tertiary/aromatic N) is 2. The first-order valence-electron chi connectivity index (χ1n) is 5.82. The van der Waals surface area contributed by atoms with E-state index in [0.29, 0.717) is 18.9 Å². The Morgan fingerprint density at radius 1 is 1.39 bits per heavy atom. The summed E-state index contributed by atoms with van der Waals surface area (Å²) >= 11 is 0. The van der Waals surface area contributed by atoms with Gasteiger partial charge in [-0.2, -0.15) is 9.61 Å². The largest absolute Gasteiger partial charge is 0.420 e. The van der Waals surface area contributed by atoms with Crippen LogP contribution in [0.3, 0.4) is 0 Å². The minimum atomic E-state index is 0.154. The number of aromatic nitrogens is 2. The lowest BCUT2D eigenvalue weighted by Gasteiger charge is -1.99. The molecule has 3 aromatic rings. The zero-order valence-electron chi connectivity index (χ0n) is 10.0. The third-order valence-electron chi connectivity index (χ3n) is 2.76. The second-order valence-electron chi connectivity index (χ2n) is 3.97.